The van der Waals surface area contributed by atoms with Crippen molar-refractivity contribution in [2.75, 3.05) is 7.11 Å². The van der Waals surface area contributed by atoms with Crippen LogP contribution in [0, 0.1) is 0 Å². The molecule has 122 valence electrons. The molecular formula is C19H23NO3. The Labute approximate surface area is 136 Å². The molecule has 2 aromatic rings. The summed E-state index contributed by atoms with van der Waals surface area (Å²) in [6, 6.07) is 12.0. The highest BCUT2D eigenvalue weighted by Gasteiger charge is 2.21. The third-order valence-corrected chi connectivity index (χ3v) is 4.40. The van der Waals surface area contributed by atoms with Crippen molar-refractivity contribution in [1.29, 1.82) is 0 Å². The summed E-state index contributed by atoms with van der Waals surface area (Å²) in [6.07, 6.45) is 4.06. The molecule has 0 aliphatic heterocycles. The molecule has 0 bridgehead atoms. The predicted octanol–water partition coefficient (Wildman–Crippen LogP) is 3.67. The lowest BCUT2D eigenvalue weighted by Gasteiger charge is -2.18. The normalized spacial score (nSPS) is 16.3. The quantitative estimate of drug-likeness (QED) is 0.916. The molecule has 4 nitrogen and oxygen atoms in total. The molecule has 3 rings (SSSR count). The maximum absolute atomic E-state index is 12.2. The average Bonchev–Trinajstić information content (AvgIpc) is 3.07. The van der Waals surface area contributed by atoms with E-state index in [-0.39, 0.29) is 5.91 Å². The van der Waals surface area contributed by atoms with Gasteiger partial charge in [0, 0.05) is 6.04 Å². The van der Waals surface area contributed by atoms with E-state index >= 15 is 0 Å². The van der Waals surface area contributed by atoms with Crippen molar-refractivity contribution in [3.63, 3.8) is 0 Å². The molecule has 0 aromatic heterocycles. The van der Waals surface area contributed by atoms with Gasteiger partial charge >= 0.3 is 0 Å². The van der Waals surface area contributed by atoms with Crippen molar-refractivity contribution >= 4 is 16.7 Å². The molecule has 1 aliphatic rings. The molecule has 23 heavy (non-hydrogen) atoms. The van der Waals surface area contributed by atoms with E-state index in [1.54, 1.807) is 14.0 Å². The van der Waals surface area contributed by atoms with E-state index < -0.39 is 6.10 Å². The molecule has 0 radical (unpaired) electrons. The van der Waals surface area contributed by atoms with Gasteiger partial charge in [0.15, 0.2) is 6.10 Å². The van der Waals surface area contributed by atoms with Crippen LogP contribution in [0.1, 0.15) is 32.6 Å². The van der Waals surface area contributed by atoms with E-state index in [1.807, 2.05) is 36.4 Å². The molecule has 0 spiro atoms. The fraction of sp³-hybridized carbons (Fsp3) is 0.421. The highest BCUT2D eigenvalue weighted by Crippen LogP contribution is 2.25. The number of rotatable bonds is 5. The van der Waals surface area contributed by atoms with Crippen LogP contribution in [0.3, 0.4) is 0 Å². The van der Waals surface area contributed by atoms with Crippen molar-refractivity contribution in [2.45, 2.75) is 44.8 Å². The largest absolute Gasteiger partial charge is 0.497 e. The summed E-state index contributed by atoms with van der Waals surface area (Å²) < 4.78 is 11.1. The van der Waals surface area contributed by atoms with E-state index in [9.17, 15) is 4.79 Å². The molecule has 0 saturated heterocycles. The zero-order valence-electron chi connectivity index (χ0n) is 13.7. The number of ether oxygens (including phenoxy) is 2. The summed E-state index contributed by atoms with van der Waals surface area (Å²) >= 11 is 0. The molecule has 1 atom stereocenters. The number of hydrogen-bond acceptors (Lipinski definition) is 3. The average molecular weight is 313 g/mol. The van der Waals surface area contributed by atoms with Crippen LogP contribution >= 0.6 is 0 Å². The van der Waals surface area contributed by atoms with Gasteiger partial charge in [-0.3, -0.25) is 4.79 Å². The number of nitrogens with one attached hydrogen (secondary N) is 1. The number of carbonyl (C=O) groups excluding carboxylic acids is 1. The smallest absolute Gasteiger partial charge is 0.260 e. The monoisotopic (exact) mass is 313 g/mol. The Morgan fingerprint density at radius 2 is 1.74 bits per heavy atom. The molecule has 1 saturated carbocycles. The van der Waals surface area contributed by atoms with E-state index in [0.717, 1.165) is 29.4 Å². The minimum Gasteiger partial charge on any atom is -0.497 e. The van der Waals surface area contributed by atoms with E-state index in [1.165, 1.54) is 12.8 Å². The number of benzene rings is 2. The van der Waals surface area contributed by atoms with Crippen LogP contribution in [-0.2, 0) is 4.79 Å². The predicted molar refractivity (Wildman–Crippen MR) is 91.0 cm³/mol. The van der Waals surface area contributed by atoms with Crippen LogP contribution in [0.2, 0.25) is 0 Å². The van der Waals surface area contributed by atoms with Crippen LogP contribution < -0.4 is 14.8 Å². The molecule has 1 aliphatic carbocycles. The van der Waals surface area contributed by atoms with Crippen molar-refractivity contribution < 1.29 is 14.3 Å². The number of amides is 1. The van der Waals surface area contributed by atoms with Gasteiger partial charge in [0.25, 0.3) is 5.91 Å². The number of hydrogen-bond donors (Lipinski definition) is 1. The zero-order valence-corrected chi connectivity index (χ0v) is 13.7. The summed E-state index contributed by atoms with van der Waals surface area (Å²) in [7, 11) is 1.65. The van der Waals surface area contributed by atoms with Gasteiger partial charge in [0.05, 0.1) is 7.11 Å². The Bertz CT molecular complexity index is 692. The maximum Gasteiger partial charge on any atom is 0.260 e. The van der Waals surface area contributed by atoms with Gasteiger partial charge in [-0.15, -0.1) is 0 Å². The lowest BCUT2D eigenvalue weighted by Crippen LogP contribution is -2.41. The van der Waals surface area contributed by atoms with Crippen LogP contribution in [0.25, 0.3) is 10.8 Å². The lowest BCUT2D eigenvalue weighted by molar-refractivity contribution is -0.127. The molecular weight excluding hydrogens is 290 g/mol. The summed E-state index contributed by atoms with van der Waals surface area (Å²) in [6.45, 7) is 1.79. The highest BCUT2D eigenvalue weighted by atomic mass is 16.5. The lowest BCUT2D eigenvalue weighted by atomic mass is 10.1. The molecule has 1 fully saturated rings. The summed E-state index contributed by atoms with van der Waals surface area (Å²) in [5.41, 5.74) is 0. The Morgan fingerprint density at radius 1 is 1.09 bits per heavy atom. The Hall–Kier alpha value is -2.23. The topological polar surface area (TPSA) is 47.6 Å². The second-order valence-electron chi connectivity index (χ2n) is 6.12. The number of methoxy groups -OCH3 is 1. The van der Waals surface area contributed by atoms with Gasteiger partial charge in [-0.2, -0.15) is 0 Å². The van der Waals surface area contributed by atoms with Crippen LogP contribution in [-0.4, -0.2) is 25.2 Å². The maximum atomic E-state index is 12.2. The van der Waals surface area contributed by atoms with Gasteiger partial charge in [0.1, 0.15) is 11.5 Å². The van der Waals surface area contributed by atoms with Crippen LogP contribution in [0.5, 0.6) is 11.5 Å². The van der Waals surface area contributed by atoms with E-state index in [2.05, 4.69) is 5.32 Å². The highest BCUT2D eigenvalue weighted by molar-refractivity contribution is 5.85. The van der Waals surface area contributed by atoms with E-state index in [4.69, 9.17) is 9.47 Å². The van der Waals surface area contributed by atoms with Gasteiger partial charge in [-0.1, -0.05) is 25.0 Å². The van der Waals surface area contributed by atoms with Crippen molar-refractivity contribution in [3.05, 3.63) is 36.4 Å². The molecule has 1 amide bonds. The second kappa shape index (κ2) is 6.90. The third kappa shape index (κ3) is 3.76. The van der Waals surface area contributed by atoms with Gasteiger partial charge < -0.3 is 14.8 Å². The Balaban J connectivity index is 1.68. The van der Waals surface area contributed by atoms with Gasteiger partial charge in [-0.25, -0.2) is 0 Å². The number of fused-ring (bicyclic) bond motifs is 1. The molecule has 4 heteroatoms. The van der Waals surface area contributed by atoms with E-state index in [0.29, 0.717) is 11.8 Å². The van der Waals surface area contributed by atoms with Crippen molar-refractivity contribution in [3.8, 4) is 11.5 Å². The summed E-state index contributed by atoms with van der Waals surface area (Å²) in [5.74, 6) is 1.46. The number of carbonyl (C=O) groups is 1. The minimum atomic E-state index is -0.501. The first kappa shape index (κ1) is 15.7. The summed E-state index contributed by atoms with van der Waals surface area (Å²) in [4.78, 5) is 12.2. The molecule has 1 N–H and O–H groups in total. The first-order valence-corrected chi connectivity index (χ1v) is 8.20. The molecule has 0 heterocycles. The Kier molecular flexibility index (Phi) is 4.70. The SMILES string of the molecule is COc1ccc2ccc(O[C@H](C)C(=O)NC3CCCC3)cc2c1. The van der Waals surface area contributed by atoms with Crippen LogP contribution in [0.4, 0.5) is 0 Å². The minimum absolute atomic E-state index is 0.0392. The fourth-order valence-electron chi connectivity index (χ4n) is 3.05. The van der Waals surface area contributed by atoms with Crippen molar-refractivity contribution in [1.82, 2.24) is 5.32 Å². The molecule has 2 aromatic carbocycles. The van der Waals surface area contributed by atoms with Crippen molar-refractivity contribution in [2.24, 2.45) is 0 Å². The standard InChI is InChI=1S/C19H23NO3/c1-13(19(21)20-16-5-3-4-6-16)23-18-10-8-14-7-9-17(22-2)11-15(14)12-18/h7-13,16H,3-6H2,1-2H3,(H,20,21)/t13-/m1/s1. The van der Waals surface area contributed by atoms with Crippen LogP contribution in [0.15, 0.2) is 36.4 Å². The molecule has 0 unspecified atom stereocenters. The third-order valence-electron chi connectivity index (χ3n) is 4.40. The first-order chi connectivity index (χ1) is 11.2. The fourth-order valence-corrected chi connectivity index (χ4v) is 3.05. The second-order valence-corrected chi connectivity index (χ2v) is 6.12. The first-order valence-electron chi connectivity index (χ1n) is 8.20. The zero-order chi connectivity index (χ0) is 16.2. The van der Waals surface area contributed by atoms with Gasteiger partial charge in [0.2, 0.25) is 0 Å². The Morgan fingerprint density at radius 3 is 2.43 bits per heavy atom. The van der Waals surface area contributed by atoms with Gasteiger partial charge in [-0.05, 0) is 54.8 Å². The summed E-state index contributed by atoms with van der Waals surface area (Å²) in [5, 5.41) is 5.22.